The smallest absolute Gasteiger partial charge is 0.313 e. The number of hydrogen-bond acceptors (Lipinski definition) is 5. The number of rotatable bonds is 5. The molecule has 2 heterocycles. The quantitative estimate of drug-likeness (QED) is 0.842. The van der Waals surface area contributed by atoms with Crippen molar-refractivity contribution in [2.75, 3.05) is 10.8 Å². The Hall–Kier alpha value is -1.24. The molecule has 0 aromatic carbocycles. The molecule has 1 N–H and O–H groups in total. The highest BCUT2D eigenvalue weighted by atomic mass is 32.2. The third-order valence-electron chi connectivity index (χ3n) is 3.86. The van der Waals surface area contributed by atoms with Crippen molar-refractivity contribution in [3.63, 3.8) is 0 Å². The van der Waals surface area contributed by atoms with Crippen LogP contribution in [0, 0.1) is 0 Å². The van der Waals surface area contributed by atoms with Crippen LogP contribution in [0.15, 0.2) is 5.16 Å². The van der Waals surface area contributed by atoms with Crippen molar-refractivity contribution in [2.45, 2.75) is 70.1 Å². The van der Waals surface area contributed by atoms with Crippen molar-refractivity contribution >= 4 is 17.7 Å². The molecule has 0 aliphatic carbocycles. The first-order chi connectivity index (χ1) is 9.91. The van der Waals surface area contributed by atoms with Crippen molar-refractivity contribution in [2.24, 2.45) is 0 Å². The molecule has 0 bridgehead atoms. The van der Waals surface area contributed by atoms with Gasteiger partial charge in [-0.2, -0.15) is 0 Å². The maximum atomic E-state index is 10.8. The van der Waals surface area contributed by atoms with Crippen molar-refractivity contribution in [3.8, 4) is 0 Å². The maximum Gasteiger partial charge on any atom is 0.313 e. The molecule has 1 aliphatic rings. The molecule has 0 amide bonds. The lowest BCUT2D eigenvalue weighted by Gasteiger charge is -2.42. The fourth-order valence-electron chi connectivity index (χ4n) is 2.87. The van der Waals surface area contributed by atoms with Gasteiger partial charge in [0.05, 0.1) is 5.75 Å². The van der Waals surface area contributed by atoms with E-state index in [1.807, 2.05) is 0 Å². The SMILES string of the molecule is CC(C)c1nnc(SCC(=O)O)n1N1C(C)CCCC1C. The summed E-state index contributed by atoms with van der Waals surface area (Å²) in [6, 6.07) is 0.817. The van der Waals surface area contributed by atoms with E-state index in [9.17, 15) is 4.79 Å². The van der Waals surface area contributed by atoms with Crippen molar-refractivity contribution in [3.05, 3.63) is 5.82 Å². The number of aliphatic carboxylic acids is 1. The molecule has 1 aromatic heterocycles. The highest BCUT2D eigenvalue weighted by Crippen LogP contribution is 2.28. The second-order valence-electron chi connectivity index (χ2n) is 6.00. The van der Waals surface area contributed by atoms with Crippen LogP contribution in [0.5, 0.6) is 0 Å². The number of carbonyl (C=O) groups is 1. The summed E-state index contributed by atoms with van der Waals surface area (Å²) in [5, 5.41) is 20.4. The van der Waals surface area contributed by atoms with Gasteiger partial charge in [0.1, 0.15) is 0 Å². The van der Waals surface area contributed by atoms with E-state index in [0.717, 1.165) is 18.7 Å². The predicted octanol–water partition coefficient (Wildman–Crippen LogP) is 2.48. The Morgan fingerprint density at radius 1 is 1.33 bits per heavy atom. The number of piperidine rings is 1. The van der Waals surface area contributed by atoms with E-state index in [1.165, 1.54) is 18.2 Å². The average Bonchev–Trinajstić information content (AvgIpc) is 2.80. The van der Waals surface area contributed by atoms with Crippen molar-refractivity contribution in [1.82, 2.24) is 14.9 Å². The van der Waals surface area contributed by atoms with Gasteiger partial charge in [-0.3, -0.25) is 4.79 Å². The summed E-state index contributed by atoms with van der Waals surface area (Å²) in [7, 11) is 0. The Bertz CT molecular complexity index is 493. The van der Waals surface area contributed by atoms with Crippen LogP contribution in [0.1, 0.15) is 58.7 Å². The average molecular weight is 312 g/mol. The molecular formula is C14H24N4O2S. The summed E-state index contributed by atoms with van der Waals surface area (Å²) in [4.78, 5) is 10.8. The third-order valence-corrected chi connectivity index (χ3v) is 4.76. The van der Waals surface area contributed by atoms with Gasteiger partial charge in [-0.25, -0.2) is 4.68 Å². The summed E-state index contributed by atoms with van der Waals surface area (Å²) in [5.74, 6) is 0.328. The van der Waals surface area contributed by atoms with Crippen LogP contribution in [0.4, 0.5) is 0 Å². The molecule has 2 rings (SSSR count). The minimum atomic E-state index is -0.833. The largest absolute Gasteiger partial charge is 0.481 e. The van der Waals surface area contributed by atoms with E-state index >= 15 is 0 Å². The fourth-order valence-corrected chi connectivity index (χ4v) is 3.53. The second-order valence-corrected chi connectivity index (χ2v) is 6.94. The molecule has 21 heavy (non-hydrogen) atoms. The van der Waals surface area contributed by atoms with Crippen molar-refractivity contribution < 1.29 is 9.90 Å². The zero-order chi connectivity index (χ0) is 15.6. The van der Waals surface area contributed by atoms with E-state index in [2.05, 4.69) is 47.6 Å². The van der Waals surface area contributed by atoms with Gasteiger partial charge in [-0.15, -0.1) is 10.2 Å². The molecule has 7 heteroatoms. The Kier molecular flexibility index (Phi) is 5.13. The van der Waals surface area contributed by atoms with Gasteiger partial charge < -0.3 is 10.1 Å². The maximum absolute atomic E-state index is 10.8. The first-order valence-corrected chi connectivity index (χ1v) is 8.49. The first kappa shape index (κ1) is 16.1. The normalized spacial score (nSPS) is 22.8. The molecule has 2 atom stereocenters. The monoisotopic (exact) mass is 312 g/mol. The first-order valence-electron chi connectivity index (χ1n) is 7.50. The van der Waals surface area contributed by atoms with Crippen LogP contribution >= 0.6 is 11.8 Å². The van der Waals surface area contributed by atoms with Gasteiger partial charge in [-0.05, 0) is 33.1 Å². The zero-order valence-electron chi connectivity index (χ0n) is 13.1. The van der Waals surface area contributed by atoms with Crippen molar-refractivity contribution in [1.29, 1.82) is 0 Å². The minimum Gasteiger partial charge on any atom is -0.481 e. The summed E-state index contributed by atoms with van der Waals surface area (Å²) < 4.78 is 2.06. The molecule has 0 radical (unpaired) electrons. The van der Waals surface area contributed by atoms with Crippen LogP contribution in [0.25, 0.3) is 0 Å². The summed E-state index contributed by atoms with van der Waals surface area (Å²) in [6.07, 6.45) is 3.52. The van der Waals surface area contributed by atoms with Gasteiger partial charge in [0, 0.05) is 18.0 Å². The topological polar surface area (TPSA) is 71.2 Å². The summed E-state index contributed by atoms with van der Waals surface area (Å²) in [6.45, 7) is 8.60. The van der Waals surface area contributed by atoms with E-state index in [1.54, 1.807) is 0 Å². The van der Waals surface area contributed by atoms with Gasteiger partial charge >= 0.3 is 5.97 Å². The van der Waals surface area contributed by atoms with Gasteiger partial charge in [0.15, 0.2) is 5.82 Å². The molecular weight excluding hydrogens is 288 g/mol. The van der Waals surface area contributed by atoms with Gasteiger partial charge in [-0.1, -0.05) is 25.6 Å². The van der Waals surface area contributed by atoms with E-state index in [0.29, 0.717) is 17.2 Å². The molecule has 6 nitrogen and oxygen atoms in total. The lowest BCUT2D eigenvalue weighted by Crippen LogP contribution is -2.52. The molecule has 2 unspecified atom stereocenters. The minimum absolute atomic E-state index is 0.00678. The Balaban J connectivity index is 2.37. The van der Waals surface area contributed by atoms with Crippen LogP contribution in [0.2, 0.25) is 0 Å². The number of aromatic nitrogens is 3. The number of thioether (sulfide) groups is 1. The Labute approximate surface area is 129 Å². The van der Waals surface area contributed by atoms with E-state index in [-0.39, 0.29) is 11.7 Å². The number of hydrogen-bond donors (Lipinski definition) is 1. The second kappa shape index (κ2) is 6.68. The highest BCUT2D eigenvalue weighted by Gasteiger charge is 2.30. The fraction of sp³-hybridized carbons (Fsp3) is 0.786. The third kappa shape index (κ3) is 3.51. The van der Waals surface area contributed by atoms with Crippen LogP contribution in [-0.2, 0) is 4.79 Å². The van der Waals surface area contributed by atoms with Crippen LogP contribution < -0.4 is 5.01 Å². The molecule has 1 saturated heterocycles. The number of carboxylic acids is 1. The van der Waals surface area contributed by atoms with E-state index < -0.39 is 5.97 Å². The molecule has 0 saturated carbocycles. The lowest BCUT2D eigenvalue weighted by atomic mass is 10.00. The molecule has 1 fully saturated rings. The molecule has 1 aliphatic heterocycles. The van der Waals surface area contributed by atoms with E-state index in [4.69, 9.17) is 5.11 Å². The Morgan fingerprint density at radius 3 is 2.48 bits per heavy atom. The highest BCUT2D eigenvalue weighted by molar-refractivity contribution is 7.99. The molecule has 0 spiro atoms. The molecule has 118 valence electrons. The van der Waals surface area contributed by atoms with Gasteiger partial charge in [0.25, 0.3) is 0 Å². The van der Waals surface area contributed by atoms with Crippen LogP contribution in [-0.4, -0.2) is 43.8 Å². The van der Waals surface area contributed by atoms with Crippen LogP contribution in [0.3, 0.4) is 0 Å². The lowest BCUT2D eigenvalue weighted by molar-refractivity contribution is -0.133. The number of nitrogens with zero attached hydrogens (tertiary/aromatic N) is 4. The predicted molar refractivity (Wildman–Crippen MR) is 83.5 cm³/mol. The summed E-state index contributed by atoms with van der Waals surface area (Å²) >= 11 is 1.24. The zero-order valence-corrected chi connectivity index (χ0v) is 13.9. The molecule has 1 aromatic rings. The standard InChI is InChI=1S/C14H24N4O2S/c1-9(2)13-15-16-14(21-8-12(19)20)18(13)17-10(3)6-5-7-11(17)4/h9-11H,5-8H2,1-4H3,(H,19,20). The summed E-state index contributed by atoms with van der Waals surface area (Å²) in [5.41, 5.74) is 0. The Morgan fingerprint density at radius 2 is 1.95 bits per heavy atom. The number of carboxylic acid groups (broad SMARTS) is 1. The van der Waals surface area contributed by atoms with Gasteiger partial charge in [0.2, 0.25) is 5.16 Å².